The van der Waals surface area contributed by atoms with Gasteiger partial charge in [0.1, 0.15) is 11.9 Å². The molecular weight excluding hydrogens is 380 g/mol. The van der Waals surface area contributed by atoms with Gasteiger partial charge in [-0.3, -0.25) is 9.78 Å². The predicted molar refractivity (Wildman–Crippen MR) is 110 cm³/mol. The van der Waals surface area contributed by atoms with Crippen molar-refractivity contribution in [3.63, 3.8) is 0 Å². The molecule has 0 amide bonds. The molecule has 8 nitrogen and oxygen atoms in total. The maximum atomic E-state index is 12.3. The van der Waals surface area contributed by atoms with Gasteiger partial charge in [-0.15, -0.1) is 0 Å². The molecule has 0 atom stereocenters. The largest absolute Gasteiger partial charge is 0.376 e. The molecule has 0 N–H and O–H groups in total. The number of nitrogens with zero attached hydrogens (tertiary/aromatic N) is 6. The van der Waals surface area contributed by atoms with Gasteiger partial charge in [-0.2, -0.15) is 10.4 Å². The first-order chi connectivity index (χ1) is 14.7. The molecule has 3 aromatic heterocycles. The van der Waals surface area contributed by atoms with Crippen LogP contribution in [-0.4, -0.2) is 39.4 Å². The minimum Gasteiger partial charge on any atom is -0.376 e. The number of ether oxygens (including phenoxy) is 1. The number of pyridine rings is 2. The first-order valence-corrected chi connectivity index (χ1v) is 9.95. The highest BCUT2D eigenvalue weighted by Crippen LogP contribution is 2.29. The molecule has 150 valence electrons. The van der Waals surface area contributed by atoms with Crippen LogP contribution < -0.4 is 10.5 Å². The van der Waals surface area contributed by atoms with Crippen LogP contribution in [0.3, 0.4) is 0 Å². The highest BCUT2D eigenvalue weighted by Gasteiger charge is 2.31. The number of hydrogen-bond donors (Lipinski definition) is 0. The summed E-state index contributed by atoms with van der Waals surface area (Å²) in [6.07, 6.45) is 4.19. The minimum atomic E-state index is -0.115. The normalized spacial score (nSPS) is 15.9. The summed E-state index contributed by atoms with van der Waals surface area (Å²) in [5.41, 5.74) is 4.15. The summed E-state index contributed by atoms with van der Waals surface area (Å²) in [6, 6.07) is 11.2. The number of aromatic nitrogens is 4. The molecule has 0 aliphatic carbocycles. The molecule has 3 aromatic rings. The smallest absolute Gasteiger partial charge is 0.266 e. The van der Waals surface area contributed by atoms with Crippen molar-refractivity contribution in [3.8, 4) is 17.3 Å². The van der Waals surface area contributed by atoms with Crippen LogP contribution in [0.15, 0.2) is 47.5 Å². The fourth-order valence-electron chi connectivity index (χ4n) is 3.96. The maximum Gasteiger partial charge on any atom is 0.266 e. The fraction of sp³-hybridized carbons (Fsp3) is 0.318. The Hall–Kier alpha value is -3.57. The lowest BCUT2D eigenvalue weighted by molar-refractivity contribution is 0.109. The summed E-state index contributed by atoms with van der Waals surface area (Å²) >= 11 is 0. The van der Waals surface area contributed by atoms with Gasteiger partial charge in [-0.1, -0.05) is 0 Å². The number of nitriles is 1. The van der Waals surface area contributed by atoms with Crippen molar-refractivity contribution in [2.24, 2.45) is 5.92 Å². The molecule has 5 heterocycles. The Balaban J connectivity index is 1.32. The second-order valence-electron chi connectivity index (χ2n) is 7.63. The molecular formula is C22H20N6O2. The molecule has 30 heavy (non-hydrogen) atoms. The molecule has 2 aliphatic rings. The summed E-state index contributed by atoms with van der Waals surface area (Å²) in [5.74, 6) is 1.01. The standard InChI is InChI=1S/C22H20N6O2/c23-10-17-9-18-14-30-8-5-19(18)25-22(17)27-11-15(12-27)13-28-21(29)2-1-20(26-28)16-3-6-24-7-4-16/h1-4,6-7,9,15H,5,8,11-14H2. The summed E-state index contributed by atoms with van der Waals surface area (Å²) in [5, 5.41) is 14.1. The van der Waals surface area contributed by atoms with Crippen LogP contribution in [-0.2, 0) is 24.3 Å². The Kier molecular flexibility index (Phi) is 4.73. The van der Waals surface area contributed by atoms with E-state index in [0.29, 0.717) is 25.3 Å². The molecule has 0 spiro atoms. The van der Waals surface area contributed by atoms with E-state index in [1.807, 2.05) is 18.2 Å². The SMILES string of the molecule is N#Cc1cc2c(nc1N1CC(Cn3nc(-c4ccncc4)ccc3=O)C1)CCOC2. The molecule has 5 rings (SSSR count). The van der Waals surface area contributed by atoms with Gasteiger partial charge in [0.25, 0.3) is 5.56 Å². The van der Waals surface area contributed by atoms with E-state index in [2.05, 4.69) is 21.1 Å². The van der Waals surface area contributed by atoms with Crippen LogP contribution in [0.2, 0.25) is 0 Å². The van der Waals surface area contributed by atoms with Crippen molar-refractivity contribution in [2.45, 2.75) is 19.6 Å². The van der Waals surface area contributed by atoms with Crippen LogP contribution in [0.4, 0.5) is 5.82 Å². The molecule has 1 fully saturated rings. The molecule has 1 saturated heterocycles. The summed E-state index contributed by atoms with van der Waals surface area (Å²) < 4.78 is 6.99. The van der Waals surface area contributed by atoms with Gasteiger partial charge in [0.15, 0.2) is 0 Å². The average molecular weight is 400 g/mol. The Bertz CT molecular complexity index is 1180. The number of hydrogen-bond acceptors (Lipinski definition) is 7. The third-order valence-electron chi connectivity index (χ3n) is 5.56. The summed E-state index contributed by atoms with van der Waals surface area (Å²) in [4.78, 5) is 23.2. The van der Waals surface area contributed by atoms with Crippen molar-refractivity contribution in [2.75, 3.05) is 24.6 Å². The number of rotatable bonds is 4. The quantitative estimate of drug-likeness (QED) is 0.658. The highest BCUT2D eigenvalue weighted by atomic mass is 16.5. The van der Waals surface area contributed by atoms with E-state index < -0.39 is 0 Å². The van der Waals surface area contributed by atoms with Gasteiger partial charge < -0.3 is 9.64 Å². The molecule has 8 heteroatoms. The van der Waals surface area contributed by atoms with Crippen molar-refractivity contribution in [3.05, 3.63) is 69.9 Å². The second kappa shape index (κ2) is 7.69. The zero-order valence-corrected chi connectivity index (χ0v) is 16.4. The first-order valence-electron chi connectivity index (χ1n) is 9.95. The Morgan fingerprint density at radius 3 is 2.83 bits per heavy atom. The van der Waals surface area contributed by atoms with Crippen LogP contribution in [0.5, 0.6) is 0 Å². The molecule has 0 radical (unpaired) electrons. The van der Waals surface area contributed by atoms with Gasteiger partial charge >= 0.3 is 0 Å². The van der Waals surface area contributed by atoms with Gasteiger partial charge in [0.05, 0.1) is 36.7 Å². The van der Waals surface area contributed by atoms with Crippen LogP contribution in [0.1, 0.15) is 16.8 Å². The van der Waals surface area contributed by atoms with Crippen molar-refractivity contribution in [1.29, 1.82) is 5.26 Å². The van der Waals surface area contributed by atoms with E-state index in [1.54, 1.807) is 24.5 Å². The lowest BCUT2D eigenvalue weighted by Crippen LogP contribution is -2.50. The fourth-order valence-corrected chi connectivity index (χ4v) is 3.96. The van der Waals surface area contributed by atoms with Gasteiger partial charge in [0.2, 0.25) is 0 Å². The predicted octanol–water partition coefficient (Wildman–Crippen LogP) is 1.78. The summed E-state index contributed by atoms with van der Waals surface area (Å²) in [6.45, 7) is 3.20. The number of anilines is 1. The maximum absolute atomic E-state index is 12.3. The van der Waals surface area contributed by atoms with Crippen LogP contribution >= 0.6 is 0 Å². The number of fused-ring (bicyclic) bond motifs is 1. The third-order valence-corrected chi connectivity index (χ3v) is 5.56. The topological polar surface area (TPSA) is 96.9 Å². The van der Waals surface area contributed by atoms with Gasteiger partial charge in [-0.25, -0.2) is 9.67 Å². The lowest BCUT2D eigenvalue weighted by Gasteiger charge is -2.41. The van der Waals surface area contributed by atoms with E-state index in [1.165, 1.54) is 4.68 Å². The van der Waals surface area contributed by atoms with E-state index in [9.17, 15) is 10.1 Å². The zero-order valence-electron chi connectivity index (χ0n) is 16.4. The van der Waals surface area contributed by atoms with Crippen LogP contribution in [0, 0.1) is 17.2 Å². The van der Waals surface area contributed by atoms with Gasteiger partial charge in [-0.05, 0) is 24.3 Å². The van der Waals surface area contributed by atoms with E-state index in [0.717, 1.165) is 47.8 Å². The zero-order chi connectivity index (χ0) is 20.5. The average Bonchev–Trinajstić information content (AvgIpc) is 2.77. The van der Waals surface area contributed by atoms with Gasteiger partial charge in [0, 0.05) is 55.0 Å². The molecule has 2 aliphatic heterocycles. The Morgan fingerprint density at radius 2 is 2.03 bits per heavy atom. The lowest BCUT2D eigenvalue weighted by atomic mass is 9.98. The Labute approximate surface area is 173 Å². The molecule has 0 unspecified atom stereocenters. The highest BCUT2D eigenvalue weighted by molar-refractivity contribution is 5.58. The first kappa shape index (κ1) is 18.5. The Morgan fingerprint density at radius 1 is 1.20 bits per heavy atom. The monoisotopic (exact) mass is 400 g/mol. The molecule has 0 bridgehead atoms. The summed E-state index contributed by atoms with van der Waals surface area (Å²) in [7, 11) is 0. The van der Waals surface area contributed by atoms with E-state index >= 15 is 0 Å². The molecule has 0 aromatic carbocycles. The molecule has 0 saturated carbocycles. The minimum absolute atomic E-state index is 0.115. The third kappa shape index (κ3) is 3.44. The van der Waals surface area contributed by atoms with Crippen LogP contribution in [0.25, 0.3) is 11.3 Å². The van der Waals surface area contributed by atoms with Crippen molar-refractivity contribution < 1.29 is 4.74 Å². The van der Waals surface area contributed by atoms with E-state index in [-0.39, 0.29) is 11.5 Å². The van der Waals surface area contributed by atoms with Crippen molar-refractivity contribution in [1.82, 2.24) is 19.7 Å². The van der Waals surface area contributed by atoms with Crippen molar-refractivity contribution >= 4 is 5.82 Å². The van der Waals surface area contributed by atoms with E-state index in [4.69, 9.17) is 9.72 Å². The second-order valence-corrected chi connectivity index (χ2v) is 7.63.